The molecule has 0 aliphatic heterocycles. The molecule has 0 saturated heterocycles. The molecule has 0 aliphatic carbocycles. The van der Waals surface area contributed by atoms with Crippen molar-refractivity contribution < 1.29 is 0 Å². The van der Waals surface area contributed by atoms with E-state index < -0.39 is 0 Å². The van der Waals surface area contributed by atoms with Crippen LogP contribution in [-0.4, -0.2) is 39.7 Å². The number of pyridine rings is 3. The van der Waals surface area contributed by atoms with E-state index in [-0.39, 0.29) is 0 Å². The molecule has 144 valence electrons. The van der Waals surface area contributed by atoms with Gasteiger partial charge in [-0.25, -0.2) is 9.97 Å². The van der Waals surface area contributed by atoms with Crippen LogP contribution in [0.1, 0.15) is 5.69 Å². The highest BCUT2D eigenvalue weighted by atomic mass is 15.2. The number of nitrogens with one attached hydrogen (secondary N) is 2. The number of hydrogen-bond acceptors (Lipinski definition) is 5. The molecule has 30 heavy (non-hydrogen) atoms. The smallest absolute Gasteiger partial charge is 0.181 e. The van der Waals surface area contributed by atoms with Crippen molar-refractivity contribution in [3.63, 3.8) is 0 Å². The van der Waals surface area contributed by atoms with E-state index in [1.807, 2.05) is 48.4 Å². The lowest BCUT2D eigenvalue weighted by Crippen LogP contribution is -1.91. The quantitative estimate of drug-likeness (QED) is 0.473. The minimum Gasteiger partial charge on any atom is -0.352 e. The molecule has 0 aromatic carbocycles. The summed E-state index contributed by atoms with van der Waals surface area (Å²) in [5, 5.41) is 9.52. The van der Waals surface area contributed by atoms with Gasteiger partial charge in [-0.3, -0.25) is 15.1 Å². The Morgan fingerprint density at radius 1 is 0.900 bits per heavy atom. The van der Waals surface area contributed by atoms with Gasteiger partial charge in [0.15, 0.2) is 5.65 Å². The van der Waals surface area contributed by atoms with Gasteiger partial charge in [0, 0.05) is 41.1 Å². The fourth-order valence-electron chi connectivity index (χ4n) is 3.74. The molecular formula is C22H16N8. The van der Waals surface area contributed by atoms with Crippen LogP contribution in [0.25, 0.3) is 50.1 Å². The van der Waals surface area contributed by atoms with Crippen molar-refractivity contribution in [1.82, 2.24) is 39.7 Å². The zero-order chi connectivity index (χ0) is 20.1. The first-order valence-corrected chi connectivity index (χ1v) is 9.49. The second kappa shape index (κ2) is 6.35. The summed E-state index contributed by atoms with van der Waals surface area (Å²) in [6, 6.07) is 8.14. The number of imidazole rings is 1. The normalized spacial score (nSPS) is 11.5. The number of H-pyrrole nitrogens is 2. The van der Waals surface area contributed by atoms with Gasteiger partial charge in [0.25, 0.3) is 0 Å². The molecule has 6 rings (SSSR count). The predicted molar refractivity (Wildman–Crippen MR) is 114 cm³/mol. The van der Waals surface area contributed by atoms with E-state index in [1.165, 1.54) is 0 Å². The molecule has 8 nitrogen and oxygen atoms in total. The lowest BCUT2D eigenvalue weighted by atomic mass is 10.1. The Hall–Kier alpha value is -4.33. The third-order valence-electron chi connectivity index (χ3n) is 5.21. The number of nitrogens with zero attached hydrogens (tertiary/aromatic N) is 6. The number of aryl methyl sites for hydroxylation is 1. The Kier molecular flexibility index (Phi) is 3.51. The molecule has 0 fully saturated rings. The fourth-order valence-corrected chi connectivity index (χ4v) is 3.74. The Morgan fingerprint density at radius 3 is 2.63 bits per heavy atom. The first kappa shape index (κ1) is 16.6. The maximum absolute atomic E-state index is 4.52. The molecule has 0 unspecified atom stereocenters. The van der Waals surface area contributed by atoms with Gasteiger partial charge >= 0.3 is 0 Å². The second-order valence-corrected chi connectivity index (χ2v) is 7.15. The maximum atomic E-state index is 4.52. The summed E-state index contributed by atoms with van der Waals surface area (Å²) in [6.45, 7) is 1.97. The molecule has 0 aliphatic rings. The van der Waals surface area contributed by atoms with Gasteiger partial charge in [0.05, 0.1) is 47.0 Å². The standard InChI is InChI=1S/C22H16N8/c1-13-11-30(12-26-13)20-10-24-9-19-16(20)7-18(27-19)21-17-6-15(8-25-22(17)29-28-21)14-2-4-23-5-3-14/h2-12,27H,1H3,(H,25,28,29). The van der Waals surface area contributed by atoms with Crippen molar-refractivity contribution in [2.45, 2.75) is 6.92 Å². The van der Waals surface area contributed by atoms with Gasteiger partial charge < -0.3 is 9.55 Å². The molecule has 0 bridgehead atoms. The number of hydrogen-bond donors (Lipinski definition) is 2. The third kappa shape index (κ3) is 2.58. The van der Waals surface area contributed by atoms with E-state index in [1.54, 1.807) is 18.7 Å². The molecule has 0 saturated carbocycles. The summed E-state index contributed by atoms with van der Waals surface area (Å²) in [5.74, 6) is 0. The largest absolute Gasteiger partial charge is 0.352 e. The molecule has 6 aromatic heterocycles. The van der Waals surface area contributed by atoms with Crippen molar-refractivity contribution in [3.05, 3.63) is 73.5 Å². The minimum absolute atomic E-state index is 0.671. The van der Waals surface area contributed by atoms with Gasteiger partial charge in [-0.15, -0.1) is 0 Å². The molecule has 0 amide bonds. The van der Waals surface area contributed by atoms with Gasteiger partial charge in [0.2, 0.25) is 0 Å². The number of fused-ring (bicyclic) bond motifs is 2. The van der Waals surface area contributed by atoms with Crippen molar-refractivity contribution in [1.29, 1.82) is 0 Å². The van der Waals surface area contributed by atoms with E-state index in [4.69, 9.17) is 0 Å². The van der Waals surface area contributed by atoms with Crippen LogP contribution in [0, 0.1) is 6.92 Å². The van der Waals surface area contributed by atoms with Crippen LogP contribution in [0.4, 0.5) is 0 Å². The Balaban J connectivity index is 1.52. The SMILES string of the molecule is Cc1cn(-c2cncc3[nH]c(-c4[nH]nc5ncc(-c6ccncc6)cc45)cc23)cn1. The lowest BCUT2D eigenvalue weighted by Gasteiger charge is -2.02. The number of aromatic amines is 2. The van der Waals surface area contributed by atoms with Crippen LogP contribution in [0.2, 0.25) is 0 Å². The summed E-state index contributed by atoms with van der Waals surface area (Å²) in [5.41, 5.74) is 7.42. The van der Waals surface area contributed by atoms with Crippen molar-refractivity contribution in [2.24, 2.45) is 0 Å². The van der Waals surface area contributed by atoms with Gasteiger partial charge in [-0.1, -0.05) is 0 Å². The Morgan fingerprint density at radius 2 is 1.80 bits per heavy atom. The molecule has 0 spiro atoms. The van der Waals surface area contributed by atoms with E-state index in [0.717, 1.165) is 50.2 Å². The summed E-state index contributed by atoms with van der Waals surface area (Å²) < 4.78 is 1.98. The van der Waals surface area contributed by atoms with Gasteiger partial charge in [-0.2, -0.15) is 5.10 Å². The molecular weight excluding hydrogens is 376 g/mol. The number of rotatable bonds is 3. The average Bonchev–Trinajstić information content (AvgIpc) is 3.51. The van der Waals surface area contributed by atoms with Crippen LogP contribution in [0.15, 0.2) is 67.8 Å². The summed E-state index contributed by atoms with van der Waals surface area (Å²) >= 11 is 0. The third-order valence-corrected chi connectivity index (χ3v) is 5.21. The maximum Gasteiger partial charge on any atom is 0.181 e. The van der Waals surface area contributed by atoms with Crippen LogP contribution < -0.4 is 0 Å². The van der Waals surface area contributed by atoms with E-state index in [9.17, 15) is 0 Å². The highest BCUT2D eigenvalue weighted by Crippen LogP contribution is 2.32. The zero-order valence-corrected chi connectivity index (χ0v) is 16.0. The second-order valence-electron chi connectivity index (χ2n) is 7.15. The first-order chi connectivity index (χ1) is 14.8. The number of aromatic nitrogens is 8. The fraction of sp³-hybridized carbons (Fsp3) is 0.0455. The van der Waals surface area contributed by atoms with E-state index in [0.29, 0.717) is 5.65 Å². The molecule has 6 heterocycles. The van der Waals surface area contributed by atoms with Crippen molar-refractivity contribution in [3.8, 4) is 28.2 Å². The molecule has 2 N–H and O–H groups in total. The summed E-state index contributed by atoms with van der Waals surface area (Å²) in [6.07, 6.45) is 12.8. The van der Waals surface area contributed by atoms with E-state index in [2.05, 4.69) is 47.2 Å². The van der Waals surface area contributed by atoms with Crippen molar-refractivity contribution >= 4 is 21.9 Å². The highest BCUT2D eigenvalue weighted by molar-refractivity contribution is 5.97. The zero-order valence-electron chi connectivity index (χ0n) is 16.0. The molecule has 0 atom stereocenters. The first-order valence-electron chi connectivity index (χ1n) is 9.49. The van der Waals surface area contributed by atoms with Crippen LogP contribution >= 0.6 is 0 Å². The molecule has 8 heteroatoms. The van der Waals surface area contributed by atoms with Crippen LogP contribution in [0.3, 0.4) is 0 Å². The molecule has 6 aromatic rings. The molecule has 0 radical (unpaired) electrons. The predicted octanol–water partition coefficient (Wildman–Crippen LogP) is 4.06. The average molecular weight is 392 g/mol. The summed E-state index contributed by atoms with van der Waals surface area (Å²) in [4.78, 5) is 20.8. The van der Waals surface area contributed by atoms with E-state index >= 15 is 0 Å². The topological polar surface area (TPSA) is 101 Å². The van der Waals surface area contributed by atoms with Crippen molar-refractivity contribution in [2.75, 3.05) is 0 Å². The van der Waals surface area contributed by atoms with Gasteiger partial charge in [0.1, 0.15) is 0 Å². The van der Waals surface area contributed by atoms with Crippen LogP contribution in [0.5, 0.6) is 0 Å². The monoisotopic (exact) mass is 392 g/mol. The van der Waals surface area contributed by atoms with Gasteiger partial charge in [-0.05, 0) is 36.8 Å². The Bertz CT molecular complexity index is 1510. The highest BCUT2D eigenvalue weighted by Gasteiger charge is 2.15. The summed E-state index contributed by atoms with van der Waals surface area (Å²) in [7, 11) is 0. The Labute approximate surface area is 170 Å². The van der Waals surface area contributed by atoms with Crippen LogP contribution in [-0.2, 0) is 0 Å². The lowest BCUT2D eigenvalue weighted by molar-refractivity contribution is 1.05. The minimum atomic E-state index is 0.671.